The minimum Gasteiger partial charge on any atom is -0.473 e. The average Bonchev–Trinajstić information content (AvgIpc) is 2.83. The van der Waals surface area contributed by atoms with E-state index >= 15 is 0 Å². The lowest BCUT2D eigenvalue weighted by molar-refractivity contribution is 0.196. The second kappa shape index (κ2) is 4.07. The molecule has 96 valence electrons. The molecule has 6 heteroatoms. The molecule has 1 aromatic rings. The molecule has 1 aromatic carbocycles. The van der Waals surface area contributed by atoms with E-state index in [1.165, 1.54) is 0 Å². The predicted octanol–water partition coefficient (Wildman–Crippen LogP) is 1.03. The van der Waals surface area contributed by atoms with Crippen molar-refractivity contribution in [3.63, 3.8) is 0 Å². The van der Waals surface area contributed by atoms with Crippen LogP contribution in [0.4, 0.5) is 0 Å². The third-order valence-corrected chi connectivity index (χ3v) is 4.62. The Hall–Kier alpha value is -1.40. The first-order chi connectivity index (χ1) is 8.56. The van der Waals surface area contributed by atoms with Gasteiger partial charge in [0, 0.05) is 6.04 Å². The Morgan fingerprint density at radius 3 is 2.78 bits per heavy atom. The zero-order chi connectivity index (χ0) is 12.8. The van der Waals surface area contributed by atoms with Crippen LogP contribution in [0, 0.1) is 0 Å². The van der Waals surface area contributed by atoms with Gasteiger partial charge in [-0.25, -0.2) is 0 Å². The molecule has 0 aromatic heterocycles. The second-order valence-corrected chi connectivity index (χ2v) is 6.25. The number of nitrogens with two attached hydrogens (primary N) is 1. The summed E-state index contributed by atoms with van der Waals surface area (Å²) in [4.78, 5) is 0.224. The predicted molar refractivity (Wildman–Crippen MR) is 66.9 cm³/mol. The molecule has 2 N–H and O–H groups in total. The summed E-state index contributed by atoms with van der Waals surface area (Å²) in [5.74, 6) is 0.213. The molecule has 0 radical (unpaired) electrons. The standard InChI is InChI=1S/C12H14N2O3S/c13-8-5-6-9(7-8)17-12-10-3-1-2-4-11(10)18(15,16)14-12/h1-4,8-9H,5-7,13H2. The maximum Gasteiger partial charge on any atom is 0.286 e. The molecule has 2 unspecified atom stereocenters. The van der Waals surface area contributed by atoms with Gasteiger partial charge in [0.05, 0.1) is 5.56 Å². The van der Waals surface area contributed by atoms with Crippen LogP contribution in [0.2, 0.25) is 0 Å². The lowest BCUT2D eigenvalue weighted by atomic mass is 10.2. The number of benzene rings is 1. The average molecular weight is 266 g/mol. The van der Waals surface area contributed by atoms with Gasteiger partial charge in [-0.2, -0.15) is 8.42 Å². The fourth-order valence-corrected chi connectivity index (χ4v) is 3.54. The van der Waals surface area contributed by atoms with Crippen LogP contribution in [-0.2, 0) is 14.8 Å². The van der Waals surface area contributed by atoms with Crippen molar-refractivity contribution in [2.24, 2.45) is 10.1 Å². The molecule has 0 saturated heterocycles. The van der Waals surface area contributed by atoms with Gasteiger partial charge in [0.2, 0.25) is 5.90 Å². The van der Waals surface area contributed by atoms with Crippen LogP contribution in [0.1, 0.15) is 24.8 Å². The molecule has 1 heterocycles. The highest BCUT2D eigenvalue weighted by molar-refractivity contribution is 7.90. The van der Waals surface area contributed by atoms with Gasteiger partial charge in [-0.05, 0) is 31.4 Å². The first kappa shape index (κ1) is 11.7. The quantitative estimate of drug-likeness (QED) is 0.823. The van der Waals surface area contributed by atoms with Crippen LogP contribution in [0.3, 0.4) is 0 Å². The van der Waals surface area contributed by atoms with E-state index in [9.17, 15) is 8.42 Å². The zero-order valence-corrected chi connectivity index (χ0v) is 10.6. The summed E-state index contributed by atoms with van der Waals surface area (Å²) in [5.41, 5.74) is 6.36. The van der Waals surface area contributed by atoms with Gasteiger partial charge in [-0.3, -0.25) is 0 Å². The summed E-state index contributed by atoms with van der Waals surface area (Å²) in [6, 6.07) is 6.86. The molecule has 1 saturated carbocycles. The van der Waals surface area contributed by atoms with Crippen LogP contribution in [0.15, 0.2) is 33.6 Å². The number of fused-ring (bicyclic) bond motifs is 1. The van der Waals surface area contributed by atoms with E-state index in [1.54, 1.807) is 24.3 Å². The minimum atomic E-state index is -3.58. The summed E-state index contributed by atoms with van der Waals surface area (Å²) in [6.07, 6.45) is 2.48. The normalized spacial score (nSPS) is 28.8. The lowest BCUT2D eigenvalue weighted by Gasteiger charge is -2.12. The Morgan fingerprint density at radius 2 is 2.06 bits per heavy atom. The van der Waals surface area contributed by atoms with Crippen molar-refractivity contribution in [1.29, 1.82) is 0 Å². The summed E-state index contributed by atoms with van der Waals surface area (Å²) in [5, 5.41) is 0. The molecule has 2 atom stereocenters. The fourth-order valence-electron chi connectivity index (χ4n) is 2.40. The van der Waals surface area contributed by atoms with Crippen LogP contribution >= 0.6 is 0 Å². The molecular weight excluding hydrogens is 252 g/mol. The number of hydrogen-bond donors (Lipinski definition) is 1. The van der Waals surface area contributed by atoms with Gasteiger partial charge >= 0.3 is 0 Å². The third-order valence-electron chi connectivity index (χ3n) is 3.30. The van der Waals surface area contributed by atoms with E-state index in [4.69, 9.17) is 10.5 Å². The first-order valence-electron chi connectivity index (χ1n) is 5.93. The molecule has 5 nitrogen and oxygen atoms in total. The van der Waals surface area contributed by atoms with Gasteiger partial charge in [0.25, 0.3) is 10.0 Å². The molecule has 0 amide bonds. The Kier molecular flexibility index (Phi) is 2.64. The molecular formula is C12H14N2O3S. The molecule has 1 aliphatic heterocycles. The van der Waals surface area contributed by atoms with Gasteiger partial charge in [0.1, 0.15) is 11.0 Å². The molecule has 1 fully saturated rings. The smallest absolute Gasteiger partial charge is 0.286 e. The monoisotopic (exact) mass is 266 g/mol. The Labute approximate surface area is 106 Å². The summed E-state index contributed by atoms with van der Waals surface area (Å²) >= 11 is 0. The highest BCUT2D eigenvalue weighted by atomic mass is 32.2. The molecule has 3 rings (SSSR count). The highest BCUT2D eigenvalue weighted by Crippen LogP contribution is 2.29. The SMILES string of the molecule is NC1CCC(OC2=NS(=O)(=O)c3ccccc32)C1. The molecule has 18 heavy (non-hydrogen) atoms. The van der Waals surface area contributed by atoms with Gasteiger partial charge in [-0.1, -0.05) is 12.1 Å². The highest BCUT2D eigenvalue weighted by Gasteiger charge is 2.32. The number of rotatable bonds is 1. The molecule has 1 aliphatic carbocycles. The first-order valence-corrected chi connectivity index (χ1v) is 7.37. The van der Waals surface area contributed by atoms with E-state index in [0.717, 1.165) is 19.3 Å². The largest absolute Gasteiger partial charge is 0.473 e. The number of nitrogens with zero attached hydrogens (tertiary/aromatic N) is 1. The maximum atomic E-state index is 11.8. The fraction of sp³-hybridized carbons (Fsp3) is 0.417. The van der Waals surface area contributed by atoms with Gasteiger partial charge in [-0.15, -0.1) is 4.40 Å². The van der Waals surface area contributed by atoms with E-state index in [0.29, 0.717) is 5.56 Å². The van der Waals surface area contributed by atoms with Crippen LogP contribution < -0.4 is 5.73 Å². The summed E-state index contributed by atoms with van der Waals surface area (Å²) < 4.78 is 33.0. The van der Waals surface area contributed by atoms with Crippen molar-refractivity contribution in [3.05, 3.63) is 29.8 Å². The topological polar surface area (TPSA) is 81.8 Å². The Balaban J connectivity index is 1.90. The van der Waals surface area contributed by atoms with E-state index in [2.05, 4.69) is 4.40 Å². The second-order valence-electron chi connectivity index (χ2n) is 4.68. The van der Waals surface area contributed by atoms with Crippen LogP contribution in [-0.4, -0.2) is 26.5 Å². The Bertz CT molecular complexity index is 610. The van der Waals surface area contributed by atoms with Gasteiger partial charge in [0.15, 0.2) is 0 Å². The number of hydrogen-bond acceptors (Lipinski definition) is 4. The van der Waals surface area contributed by atoms with Crippen molar-refractivity contribution >= 4 is 15.9 Å². The van der Waals surface area contributed by atoms with Crippen molar-refractivity contribution in [3.8, 4) is 0 Å². The van der Waals surface area contributed by atoms with Crippen LogP contribution in [0.25, 0.3) is 0 Å². The van der Waals surface area contributed by atoms with Gasteiger partial charge < -0.3 is 10.5 Å². The Morgan fingerprint density at radius 1 is 1.28 bits per heavy atom. The van der Waals surface area contributed by atoms with Crippen LogP contribution in [0.5, 0.6) is 0 Å². The zero-order valence-electron chi connectivity index (χ0n) is 9.74. The summed E-state index contributed by atoms with van der Waals surface area (Å²) in [6.45, 7) is 0. The van der Waals surface area contributed by atoms with Crippen molar-refractivity contribution in [1.82, 2.24) is 0 Å². The van der Waals surface area contributed by atoms with E-state index in [-0.39, 0.29) is 22.9 Å². The number of sulfonamides is 1. The van der Waals surface area contributed by atoms with Crippen molar-refractivity contribution in [2.75, 3.05) is 0 Å². The third kappa shape index (κ3) is 1.91. The van der Waals surface area contributed by atoms with Crippen molar-refractivity contribution in [2.45, 2.75) is 36.3 Å². The molecule has 2 aliphatic rings. The summed E-state index contributed by atoms with van der Waals surface area (Å²) in [7, 11) is -3.58. The molecule has 0 spiro atoms. The number of ether oxygens (including phenoxy) is 1. The minimum absolute atomic E-state index is 0.0277. The van der Waals surface area contributed by atoms with Crippen molar-refractivity contribution < 1.29 is 13.2 Å². The molecule has 0 bridgehead atoms. The van der Waals surface area contributed by atoms with E-state index < -0.39 is 10.0 Å². The van der Waals surface area contributed by atoms with E-state index in [1.807, 2.05) is 0 Å². The lowest BCUT2D eigenvalue weighted by Crippen LogP contribution is -2.19. The maximum absolute atomic E-state index is 11.8.